The fourth-order valence-electron chi connectivity index (χ4n) is 9.16. The molecule has 1 aromatic heterocycles. The van der Waals surface area contributed by atoms with Crippen molar-refractivity contribution in [3.05, 3.63) is 53.6 Å². The molecule has 3 aromatic carbocycles. The van der Waals surface area contributed by atoms with Gasteiger partial charge in [0.1, 0.15) is 28.5 Å². The van der Waals surface area contributed by atoms with E-state index < -0.39 is 17.2 Å². The van der Waals surface area contributed by atoms with Gasteiger partial charge in [-0.25, -0.2) is 13.6 Å². The van der Waals surface area contributed by atoms with E-state index >= 15 is 8.78 Å². The summed E-state index contributed by atoms with van der Waals surface area (Å²) in [5, 5.41) is 10.8. The van der Waals surface area contributed by atoms with Gasteiger partial charge in [0.15, 0.2) is 12.6 Å². The Labute approximate surface area is 338 Å². The monoisotopic (exact) mass is 797 g/mol. The van der Waals surface area contributed by atoms with Gasteiger partial charge >= 0.3 is 12.1 Å². The van der Waals surface area contributed by atoms with Crippen molar-refractivity contribution in [2.75, 3.05) is 64.7 Å². The lowest BCUT2D eigenvalue weighted by atomic mass is 9.93. The number of benzene rings is 3. The molecule has 0 spiro atoms. The number of rotatable bonds is 12. The van der Waals surface area contributed by atoms with E-state index in [1.807, 2.05) is 36.6 Å². The van der Waals surface area contributed by atoms with Crippen LogP contribution >= 0.6 is 0 Å². The molecule has 0 radical (unpaired) electrons. The third kappa shape index (κ3) is 8.11. The van der Waals surface area contributed by atoms with Crippen LogP contribution in [0.3, 0.4) is 0 Å². The van der Waals surface area contributed by atoms with Gasteiger partial charge < -0.3 is 33.9 Å². The minimum atomic E-state index is -0.872. The quantitative estimate of drug-likeness (QED) is 0.114. The molecular formula is C45H53F2N5O6. The van der Waals surface area contributed by atoms with Gasteiger partial charge in [-0.15, -0.1) is 6.42 Å². The van der Waals surface area contributed by atoms with Crippen molar-refractivity contribution < 1.29 is 37.6 Å². The van der Waals surface area contributed by atoms with Crippen LogP contribution in [-0.2, 0) is 9.47 Å². The van der Waals surface area contributed by atoms with Crippen LogP contribution in [0.5, 0.6) is 11.8 Å². The first-order valence-corrected chi connectivity index (χ1v) is 20.5. The standard InChI is InChI=1S/C45H53F2N5O6/c1-6-29-8-7-9-30-20-33(57-27-55-5)21-34(37(29)30)38-36(46)22-35-40(39(38)47)48-42(56-26-45(15-16-45)25-50-17-12-28(13-18-50)14-19-53)49-41(35)51-23-31-10-11-32(24-51)52(31)43(54)58-44(2,3)4/h1,7-9,20-22,28,31-32,53H,10-19,23-27H2,2-5H3. The van der Waals surface area contributed by atoms with E-state index in [0.29, 0.717) is 53.5 Å². The first-order valence-electron chi connectivity index (χ1n) is 20.5. The van der Waals surface area contributed by atoms with E-state index in [0.717, 1.165) is 64.6 Å². The number of aliphatic hydroxyl groups excluding tert-OH is 1. The van der Waals surface area contributed by atoms with Gasteiger partial charge in [0.05, 0.1) is 24.3 Å². The number of hydrogen-bond acceptors (Lipinski definition) is 10. The Kier molecular flexibility index (Phi) is 11.1. The molecule has 1 amide bonds. The summed E-state index contributed by atoms with van der Waals surface area (Å²) >= 11 is 0. The SMILES string of the molecule is C#Cc1cccc2cc(OCOC)cc(-c3c(F)cc4c(N5CC6CCC(C5)N6C(=O)OC(C)(C)C)nc(OCC5(CN6CCC(CCO)CC6)CC5)nc4c3F)c12. The lowest BCUT2D eigenvalue weighted by Crippen LogP contribution is -2.57. The number of ether oxygens (including phenoxy) is 4. The number of hydrogen-bond donors (Lipinski definition) is 1. The van der Waals surface area contributed by atoms with E-state index in [4.69, 9.17) is 30.4 Å². The second-order valence-electron chi connectivity index (χ2n) is 17.5. The Morgan fingerprint density at radius 2 is 1.78 bits per heavy atom. The highest BCUT2D eigenvalue weighted by molar-refractivity contribution is 6.04. The lowest BCUT2D eigenvalue weighted by Gasteiger charge is -2.42. The van der Waals surface area contributed by atoms with Crippen LogP contribution in [0.4, 0.5) is 19.4 Å². The van der Waals surface area contributed by atoms with Gasteiger partial charge in [-0.2, -0.15) is 9.97 Å². The molecular weight excluding hydrogens is 745 g/mol. The van der Waals surface area contributed by atoms with Gasteiger partial charge in [-0.3, -0.25) is 4.90 Å². The Bertz CT molecular complexity index is 2210. The van der Waals surface area contributed by atoms with Crippen LogP contribution in [0.1, 0.15) is 71.3 Å². The van der Waals surface area contributed by atoms with Crippen LogP contribution in [0.25, 0.3) is 32.8 Å². The first kappa shape index (κ1) is 40.0. The molecule has 2 bridgehead atoms. The van der Waals surface area contributed by atoms with Crippen LogP contribution < -0.4 is 14.4 Å². The Balaban J connectivity index is 1.18. The van der Waals surface area contributed by atoms with Crippen LogP contribution in [0.15, 0.2) is 36.4 Å². The lowest BCUT2D eigenvalue weighted by molar-refractivity contribution is 0.0122. The number of carbonyl (C=O) groups excluding carboxylic acids is 1. The van der Waals surface area contributed by atoms with E-state index in [1.165, 1.54) is 13.2 Å². The number of terminal acetylenes is 1. The van der Waals surface area contributed by atoms with Crippen molar-refractivity contribution in [2.24, 2.45) is 11.3 Å². The Morgan fingerprint density at radius 3 is 2.43 bits per heavy atom. The number of aliphatic hydroxyl groups is 1. The second kappa shape index (κ2) is 16.1. The molecule has 58 heavy (non-hydrogen) atoms. The third-order valence-electron chi connectivity index (χ3n) is 12.2. The number of fused-ring (bicyclic) bond motifs is 4. The molecule has 3 aliphatic heterocycles. The number of amides is 1. The van der Waals surface area contributed by atoms with Gasteiger partial charge in [0, 0.05) is 60.7 Å². The number of likely N-dealkylation sites (tertiary alicyclic amines) is 1. The molecule has 4 heterocycles. The Morgan fingerprint density at radius 1 is 1.03 bits per heavy atom. The van der Waals surface area contributed by atoms with E-state index in [2.05, 4.69) is 15.8 Å². The number of methoxy groups -OCH3 is 1. The average Bonchev–Trinajstić information content (AvgIpc) is 3.90. The highest BCUT2D eigenvalue weighted by atomic mass is 19.1. The highest BCUT2D eigenvalue weighted by Crippen LogP contribution is 2.48. The largest absolute Gasteiger partial charge is 0.468 e. The molecule has 1 aliphatic carbocycles. The summed E-state index contributed by atoms with van der Waals surface area (Å²) in [6.07, 6.45) is 12.1. The number of piperidine rings is 1. The molecule has 8 rings (SSSR count). The van der Waals surface area contributed by atoms with E-state index in [1.54, 1.807) is 24.3 Å². The predicted molar refractivity (Wildman–Crippen MR) is 218 cm³/mol. The third-order valence-corrected chi connectivity index (χ3v) is 12.2. The smallest absolute Gasteiger partial charge is 0.410 e. The minimum absolute atomic E-state index is 0.0140. The molecule has 3 saturated heterocycles. The van der Waals surface area contributed by atoms with Crippen LogP contribution in [0, 0.1) is 35.3 Å². The molecule has 1 saturated carbocycles. The van der Waals surface area contributed by atoms with Crippen molar-refractivity contribution >= 4 is 33.6 Å². The number of piperazine rings is 1. The average molecular weight is 798 g/mol. The van der Waals surface area contributed by atoms with Crippen molar-refractivity contribution in [1.82, 2.24) is 19.8 Å². The number of nitrogens with zero attached hydrogens (tertiary/aromatic N) is 5. The van der Waals surface area contributed by atoms with E-state index in [-0.39, 0.29) is 65.0 Å². The molecule has 1 N–H and O–H groups in total. The number of anilines is 1. The van der Waals surface area contributed by atoms with Crippen molar-refractivity contribution in [2.45, 2.75) is 83.4 Å². The van der Waals surface area contributed by atoms with Crippen LogP contribution in [-0.4, -0.2) is 108 Å². The molecule has 2 atom stereocenters. The normalized spacial score (nSPS) is 20.7. The zero-order chi connectivity index (χ0) is 40.8. The van der Waals surface area contributed by atoms with Gasteiger partial charge in [0.25, 0.3) is 0 Å². The summed E-state index contributed by atoms with van der Waals surface area (Å²) in [5.74, 6) is 2.26. The van der Waals surface area contributed by atoms with E-state index in [9.17, 15) is 9.90 Å². The van der Waals surface area contributed by atoms with Gasteiger partial charge in [-0.05, 0) is 114 Å². The summed E-state index contributed by atoms with van der Waals surface area (Å²) in [4.78, 5) is 29.2. The maximum atomic E-state index is 17.5. The zero-order valence-electron chi connectivity index (χ0n) is 33.9. The van der Waals surface area contributed by atoms with Crippen molar-refractivity contribution in [3.8, 4) is 35.2 Å². The maximum absolute atomic E-state index is 17.5. The molecule has 13 heteroatoms. The summed E-state index contributed by atoms with van der Waals surface area (Å²) in [7, 11) is 1.49. The fraction of sp³-hybridized carbons (Fsp3) is 0.533. The molecule has 11 nitrogen and oxygen atoms in total. The van der Waals surface area contributed by atoms with Crippen molar-refractivity contribution in [1.29, 1.82) is 0 Å². The van der Waals surface area contributed by atoms with Crippen LogP contribution in [0.2, 0.25) is 0 Å². The topological polar surface area (TPSA) is 110 Å². The highest BCUT2D eigenvalue weighted by Gasteiger charge is 2.47. The first-order chi connectivity index (χ1) is 27.9. The summed E-state index contributed by atoms with van der Waals surface area (Å²) in [6.45, 7) is 9.71. The van der Waals surface area contributed by atoms with Crippen molar-refractivity contribution in [3.63, 3.8) is 0 Å². The number of halogens is 2. The molecule has 4 aliphatic rings. The predicted octanol–water partition coefficient (Wildman–Crippen LogP) is 7.53. The molecule has 2 unspecified atom stereocenters. The van der Waals surface area contributed by atoms with Gasteiger partial charge in [-0.1, -0.05) is 18.1 Å². The molecule has 4 aromatic rings. The summed E-state index contributed by atoms with van der Waals surface area (Å²) < 4.78 is 57.4. The second-order valence-corrected chi connectivity index (χ2v) is 17.5. The molecule has 308 valence electrons. The minimum Gasteiger partial charge on any atom is -0.468 e. The summed E-state index contributed by atoms with van der Waals surface area (Å²) in [6, 6.07) is 9.65. The fourth-order valence-corrected chi connectivity index (χ4v) is 9.16. The zero-order valence-corrected chi connectivity index (χ0v) is 33.9. The number of aromatic nitrogens is 2. The molecule has 4 fully saturated rings. The Hall–Kier alpha value is -4.77. The number of carbonyl (C=O) groups is 1. The maximum Gasteiger partial charge on any atom is 0.410 e. The van der Waals surface area contributed by atoms with Gasteiger partial charge in [0.2, 0.25) is 0 Å². The summed E-state index contributed by atoms with van der Waals surface area (Å²) in [5.41, 5.74) is -0.393.